The maximum atomic E-state index is 10.8. The molecule has 1 N–H and O–H groups in total. The van der Waals surface area contributed by atoms with Gasteiger partial charge in [-0.05, 0) is 19.2 Å². The fourth-order valence-corrected chi connectivity index (χ4v) is 1.75. The number of likely N-dealkylation sites (N-methyl/N-ethyl adjacent to an activating group) is 1. The number of piperazine rings is 1. The summed E-state index contributed by atoms with van der Waals surface area (Å²) in [5.41, 5.74) is 0.108. The van der Waals surface area contributed by atoms with Crippen LogP contribution in [0, 0.1) is 0 Å². The largest absolute Gasteiger partial charge is 0.477 e. The summed E-state index contributed by atoms with van der Waals surface area (Å²) < 4.78 is 0. The van der Waals surface area contributed by atoms with Crippen molar-refractivity contribution in [2.75, 3.05) is 38.1 Å². The first-order valence-corrected chi connectivity index (χ1v) is 5.30. The molecule has 1 fully saturated rings. The zero-order valence-corrected chi connectivity index (χ0v) is 11.7. The molecule has 1 aliphatic heterocycles. The lowest BCUT2D eigenvalue weighted by Crippen LogP contribution is -2.44. The van der Waals surface area contributed by atoms with Gasteiger partial charge in [0.25, 0.3) is 0 Å². The Morgan fingerprint density at radius 2 is 1.83 bits per heavy atom. The average Bonchev–Trinajstić information content (AvgIpc) is 2.30. The predicted molar refractivity (Wildman–Crippen MR) is 75.4 cm³/mol. The van der Waals surface area contributed by atoms with Crippen molar-refractivity contribution in [2.24, 2.45) is 0 Å². The first kappa shape index (κ1) is 17.0. The number of halogens is 2. The van der Waals surface area contributed by atoms with Crippen LogP contribution in [0.5, 0.6) is 0 Å². The summed E-state index contributed by atoms with van der Waals surface area (Å²) in [6.45, 7) is 3.76. The molecule has 2 heterocycles. The van der Waals surface area contributed by atoms with Crippen LogP contribution in [0.25, 0.3) is 0 Å². The van der Waals surface area contributed by atoms with E-state index >= 15 is 0 Å². The maximum absolute atomic E-state index is 10.8. The Morgan fingerprint density at radius 1 is 1.22 bits per heavy atom. The molecule has 1 aliphatic rings. The highest BCUT2D eigenvalue weighted by atomic mass is 35.5. The summed E-state index contributed by atoms with van der Waals surface area (Å²) in [4.78, 5) is 19.3. The predicted octanol–water partition coefficient (Wildman–Crippen LogP) is 1.38. The Hall–Kier alpha value is -1.04. The second-order valence-corrected chi connectivity index (χ2v) is 3.98. The number of hydrogen-bond donors (Lipinski definition) is 1. The number of carboxylic acid groups (broad SMARTS) is 1. The van der Waals surface area contributed by atoms with E-state index in [1.165, 1.54) is 6.07 Å². The quantitative estimate of drug-likeness (QED) is 0.893. The van der Waals surface area contributed by atoms with Crippen LogP contribution >= 0.6 is 24.8 Å². The number of aromatic nitrogens is 1. The first-order chi connectivity index (χ1) is 7.66. The van der Waals surface area contributed by atoms with E-state index in [2.05, 4.69) is 21.8 Å². The van der Waals surface area contributed by atoms with Gasteiger partial charge in [-0.1, -0.05) is 6.07 Å². The number of aromatic carboxylic acids is 1. The van der Waals surface area contributed by atoms with E-state index in [9.17, 15) is 4.79 Å². The number of carboxylic acids is 1. The minimum atomic E-state index is -0.976. The van der Waals surface area contributed by atoms with Gasteiger partial charge in [-0.25, -0.2) is 9.78 Å². The van der Waals surface area contributed by atoms with Gasteiger partial charge >= 0.3 is 5.97 Å². The molecule has 7 heteroatoms. The van der Waals surface area contributed by atoms with Crippen LogP contribution in [0.1, 0.15) is 10.5 Å². The van der Waals surface area contributed by atoms with Gasteiger partial charge in [0.1, 0.15) is 5.82 Å². The van der Waals surface area contributed by atoms with E-state index in [1.54, 1.807) is 6.07 Å². The van der Waals surface area contributed by atoms with Crippen molar-refractivity contribution < 1.29 is 9.90 Å². The SMILES string of the molecule is CN1CCN(c2cccc(C(=O)O)n2)CC1.Cl.Cl. The van der Waals surface area contributed by atoms with Crippen LogP contribution in [-0.2, 0) is 0 Å². The van der Waals surface area contributed by atoms with Gasteiger partial charge in [0.15, 0.2) is 5.69 Å². The van der Waals surface area contributed by atoms with Crippen LogP contribution in [0.2, 0.25) is 0 Å². The molecule has 1 aromatic heterocycles. The van der Waals surface area contributed by atoms with Crippen molar-refractivity contribution in [3.8, 4) is 0 Å². The van der Waals surface area contributed by atoms with Gasteiger partial charge in [-0.15, -0.1) is 24.8 Å². The Kier molecular flexibility index (Phi) is 6.98. The minimum Gasteiger partial charge on any atom is -0.477 e. The molecule has 0 bridgehead atoms. The van der Waals surface area contributed by atoms with Crippen LogP contribution in [-0.4, -0.2) is 54.2 Å². The number of rotatable bonds is 2. The number of nitrogens with zero attached hydrogens (tertiary/aromatic N) is 3. The van der Waals surface area contributed by atoms with Gasteiger partial charge in [-0.3, -0.25) is 0 Å². The Bertz CT molecular complexity index is 396. The molecule has 102 valence electrons. The normalized spacial score (nSPS) is 15.5. The maximum Gasteiger partial charge on any atom is 0.354 e. The molecular weight excluding hydrogens is 277 g/mol. The number of anilines is 1. The molecular formula is C11H17Cl2N3O2. The fraction of sp³-hybridized carbons (Fsp3) is 0.455. The second kappa shape index (κ2) is 7.41. The molecule has 1 saturated heterocycles. The topological polar surface area (TPSA) is 56.7 Å². The smallest absolute Gasteiger partial charge is 0.354 e. The summed E-state index contributed by atoms with van der Waals surface area (Å²) in [7, 11) is 2.08. The molecule has 1 aromatic rings. The molecule has 0 unspecified atom stereocenters. The summed E-state index contributed by atoms with van der Waals surface area (Å²) >= 11 is 0. The van der Waals surface area contributed by atoms with E-state index < -0.39 is 5.97 Å². The second-order valence-electron chi connectivity index (χ2n) is 3.98. The molecule has 0 radical (unpaired) electrons. The lowest BCUT2D eigenvalue weighted by Gasteiger charge is -2.33. The molecule has 5 nitrogen and oxygen atoms in total. The minimum absolute atomic E-state index is 0. The van der Waals surface area contributed by atoms with Crippen molar-refractivity contribution in [1.29, 1.82) is 0 Å². The molecule has 0 aliphatic carbocycles. The van der Waals surface area contributed by atoms with Gasteiger partial charge in [-0.2, -0.15) is 0 Å². The van der Waals surface area contributed by atoms with Crippen molar-refractivity contribution in [3.05, 3.63) is 23.9 Å². The Balaban J connectivity index is 0.00000144. The highest BCUT2D eigenvalue weighted by molar-refractivity contribution is 5.86. The molecule has 0 spiro atoms. The monoisotopic (exact) mass is 293 g/mol. The van der Waals surface area contributed by atoms with Crippen molar-refractivity contribution >= 4 is 36.6 Å². The average molecular weight is 294 g/mol. The van der Waals surface area contributed by atoms with Crippen LogP contribution < -0.4 is 4.90 Å². The molecule has 0 saturated carbocycles. The van der Waals surface area contributed by atoms with Gasteiger partial charge < -0.3 is 14.9 Å². The number of pyridine rings is 1. The molecule has 0 atom stereocenters. The lowest BCUT2D eigenvalue weighted by molar-refractivity contribution is 0.0690. The van der Waals surface area contributed by atoms with Crippen LogP contribution in [0.3, 0.4) is 0 Å². The third-order valence-electron chi connectivity index (χ3n) is 2.78. The first-order valence-electron chi connectivity index (χ1n) is 5.30. The van der Waals surface area contributed by atoms with Gasteiger partial charge in [0.05, 0.1) is 0 Å². The highest BCUT2D eigenvalue weighted by Crippen LogP contribution is 2.13. The zero-order valence-electron chi connectivity index (χ0n) is 10.1. The third kappa shape index (κ3) is 4.01. The summed E-state index contributed by atoms with van der Waals surface area (Å²) in [6, 6.07) is 5.11. The standard InChI is InChI=1S/C11H15N3O2.2ClH/c1-13-5-7-14(8-6-13)10-4-2-3-9(12-10)11(15)16;;/h2-4H,5-8H2,1H3,(H,15,16);2*1H. The summed E-state index contributed by atoms with van der Waals surface area (Å²) in [5, 5.41) is 8.86. The Morgan fingerprint density at radius 3 is 2.39 bits per heavy atom. The molecule has 0 amide bonds. The molecule has 0 aromatic carbocycles. The van der Waals surface area contributed by atoms with Crippen LogP contribution in [0.15, 0.2) is 18.2 Å². The molecule has 2 rings (SSSR count). The van der Waals surface area contributed by atoms with Gasteiger partial charge in [0.2, 0.25) is 0 Å². The summed E-state index contributed by atoms with van der Waals surface area (Å²) in [6.07, 6.45) is 0. The fourth-order valence-electron chi connectivity index (χ4n) is 1.75. The van der Waals surface area contributed by atoms with Gasteiger partial charge in [0, 0.05) is 26.2 Å². The van der Waals surface area contributed by atoms with E-state index in [-0.39, 0.29) is 30.5 Å². The highest BCUT2D eigenvalue weighted by Gasteiger charge is 2.16. The van der Waals surface area contributed by atoms with E-state index in [1.807, 2.05) is 6.07 Å². The number of carbonyl (C=O) groups is 1. The summed E-state index contributed by atoms with van der Waals surface area (Å²) in [5.74, 6) is -0.219. The van der Waals surface area contributed by atoms with E-state index in [0.717, 1.165) is 32.0 Å². The van der Waals surface area contributed by atoms with Crippen molar-refractivity contribution in [1.82, 2.24) is 9.88 Å². The van der Waals surface area contributed by atoms with Crippen LogP contribution in [0.4, 0.5) is 5.82 Å². The molecule has 18 heavy (non-hydrogen) atoms. The van der Waals surface area contributed by atoms with Crippen molar-refractivity contribution in [3.63, 3.8) is 0 Å². The number of hydrogen-bond acceptors (Lipinski definition) is 4. The third-order valence-corrected chi connectivity index (χ3v) is 2.78. The lowest BCUT2D eigenvalue weighted by atomic mass is 10.3. The van der Waals surface area contributed by atoms with E-state index in [4.69, 9.17) is 5.11 Å². The zero-order chi connectivity index (χ0) is 11.5. The Labute approximate surface area is 119 Å². The van der Waals surface area contributed by atoms with Crippen molar-refractivity contribution in [2.45, 2.75) is 0 Å². The van der Waals surface area contributed by atoms with E-state index in [0.29, 0.717) is 0 Å².